The van der Waals surface area contributed by atoms with Crippen molar-refractivity contribution in [2.75, 3.05) is 11.4 Å². The maximum absolute atomic E-state index is 12.9. The summed E-state index contributed by atoms with van der Waals surface area (Å²) in [5, 5.41) is 12.7. The summed E-state index contributed by atoms with van der Waals surface area (Å²) in [4.78, 5) is 14.7. The van der Waals surface area contributed by atoms with E-state index in [1.54, 1.807) is 14.3 Å². The fourth-order valence-corrected chi connectivity index (χ4v) is 3.59. The molecule has 8 heteroatoms. The smallest absolute Gasteiger partial charge is 0.253 e. The normalized spacial score (nSPS) is 18.3. The fraction of sp³-hybridized carbons (Fsp3) is 0.368. The predicted octanol–water partition coefficient (Wildman–Crippen LogP) is 1.54. The summed E-state index contributed by atoms with van der Waals surface area (Å²) in [7, 11) is 1.85. The number of amides is 1. The Morgan fingerprint density at radius 2 is 2.07 bits per heavy atom. The zero-order chi connectivity index (χ0) is 19.0. The molecule has 0 saturated carbocycles. The molecule has 2 N–H and O–H groups in total. The van der Waals surface area contributed by atoms with E-state index in [1.807, 2.05) is 56.6 Å². The molecule has 1 amide bonds. The van der Waals surface area contributed by atoms with Gasteiger partial charge < -0.3 is 5.73 Å². The second-order valence-electron chi connectivity index (χ2n) is 6.97. The van der Waals surface area contributed by atoms with Gasteiger partial charge in [0.1, 0.15) is 11.9 Å². The second kappa shape index (κ2) is 6.96. The van der Waals surface area contributed by atoms with Gasteiger partial charge in [0.15, 0.2) is 0 Å². The zero-order valence-electron chi connectivity index (χ0n) is 15.5. The average Bonchev–Trinajstić information content (AvgIpc) is 3.34. The van der Waals surface area contributed by atoms with Gasteiger partial charge in [0, 0.05) is 38.3 Å². The molecule has 1 fully saturated rings. The lowest BCUT2D eigenvalue weighted by Gasteiger charge is -2.16. The Morgan fingerprint density at radius 1 is 1.30 bits per heavy atom. The molecule has 3 aromatic rings. The number of carbonyl (C=O) groups excluding carboxylic acids is 1. The van der Waals surface area contributed by atoms with Crippen LogP contribution in [0.25, 0.3) is 0 Å². The third kappa shape index (κ3) is 3.35. The standard InChI is InChI=1S/C19H23N7O/c1-13-10-18(24(2)22-13)25-9-8-17(19(25)27)26-12-15(21-23-26)11-16(20)14-6-4-3-5-7-14/h3-7,10,12,16-17H,8-9,11,20H2,1-2H3. The molecular weight excluding hydrogens is 342 g/mol. The Kier molecular flexibility index (Phi) is 4.49. The number of aryl methyl sites for hydroxylation is 2. The van der Waals surface area contributed by atoms with Crippen LogP contribution in [0, 0.1) is 6.92 Å². The van der Waals surface area contributed by atoms with E-state index in [0.29, 0.717) is 19.4 Å². The largest absolute Gasteiger partial charge is 0.324 e. The van der Waals surface area contributed by atoms with Crippen molar-refractivity contribution in [1.29, 1.82) is 0 Å². The molecule has 0 bridgehead atoms. The number of nitrogens with two attached hydrogens (primary N) is 1. The van der Waals surface area contributed by atoms with Crippen LogP contribution in [0.3, 0.4) is 0 Å². The molecule has 4 rings (SSSR count). The van der Waals surface area contributed by atoms with Gasteiger partial charge >= 0.3 is 0 Å². The molecule has 0 aliphatic carbocycles. The van der Waals surface area contributed by atoms with E-state index in [4.69, 9.17) is 5.73 Å². The summed E-state index contributed by atoms with van der Waals surface area (Å²) >= 11 is 0. The van der Waals surface area contributed by atoms with Crippen LogP contribution in [0.15, 0.2) is 42.6 Å². The highest BCUT2D eigenvalue weighted by Crippen LogP contribution is 2.28. The quantitative estimate of drug-likeness (QED) is 0.740. The molecular formula is C19H23N7O. The molecule has 27 heavy (non-hydrogen) atoms. The molecule has 1 aromatic carbocycles. The Labute approximate surface area is 157 Å². The van der Waals surface area contributed by atoms with Gasteiger partial charge in [-0.2, -0.15) is 5.10 Å². The molecule has 1 aliphatic heterocycles. The van der Waals surface area contributed by atoms with Gasteiger partial charge in [-0.1, -0.05) is 35.5 Å². The number of benzene rings is 1. The number of hydrogen-bond acceptors (Lipinski definition) is 5. The van der Waals surface area contributed by atoms with Crippen LogP contribution >= 0.6 is 0 Å². The third-order valence-electron chi connectivity index (χ3n) is 4.96. The highest BCUT2D eigenvalue weighted by Gasteiger charge is 2.36. The number of anilines is 1. The van der Waals surface area contributed by atoms with E-state index in [1.165, 1.54) is 0 Å². The number of carbonyl (C=O) groups is 1. The van der Waals surface area contributed by atoms with Gasteiger partial charge in [0.05, 0.1) is 11.4 Å². The first kappa shape index (κ1) is 17.4. The summed E-state index contributed by atoms with van der Waals surface area (Å²) in [5.74, 6) is 0.827. The van der Waals surface area contributed by atoms with Crippen LogP contribution in [0.2, 0.25) is 0 Å². The van der Waals surface area contributed by atoms with E-state index < -0.39 is 0 Å². The van der Waals surface area contributed by atoms with Crippen molar-refractivity contribution in [2.24, 2.45) is 12.8 Å². The Balaban J connectivity index is 1.47. The molecule has 2 unspecified atom stereocenters. The number of nitrogens with zero attached hydrogens (tertiary/aromatic N) is 6. The maximum Gasteiger partial charge on any atom is 0.253 e. The lowest BCUT2D eigenvalue weighted by atomic mass is 10.0. The van der Waals surface area contributed by atoms with E-state index in [2.05, 4.69) is 15.4 Å². The first-order chi connectivity index (χ1) is 13.0. The highest BCUT2D eigenvalue weighted by molar-refractivity contribution is 5.97. The van der Waals surface area contributed by atoms with E-state index in [-0.39, 0.29) is 18.0 Å². The SMILES string of the molecule is Cc1cc(N2CCC(n3cc(CC(N)c4ccccc4)nn3)C2=O)n(C)n1. The summed E-state index contributed by atoms with van der Waals surface area (Å²) in [5.41, 5.74) is 9.01. The van der Waals surface area contributed by atoms with E-state index in [9.17, 15) is 4.79 Å². The van der Waals surface area contributed by atoms with Gasteiger partial charge in [-0.3, -0.25) is 14.4 Å². The van der Waals surface area contributed by atoms with E-state index >= 15 is 0 Å². The Bertz CT molecular complexity index is 946. The minimum atomic E-state index is -0.339. The van der Waals surface area contributed by atoms with Crippen LogP contribution in [-0.4, -0.2) is 37.2 Å². The topological polar surface area (TPSA) is 94.9 Å². The van der Waals surface area contributed by atoms with Gasteiger partial charge in [0.25, 0.3) is 5.91 Å². The van der Waals surface area contributed by atoms with Gasteiger partial charge in [-0.15, -0.1) is 5.10 Å². The average molecular weight is 365 g/mol. The van der Waals surface area contributed by atoms with Crippen molar-refractivity contribution in [2.45, 2.75) is 31.8 Å². The number of hydrogen-bond donors (Lipinski definition) is 1. The van der Waals surface area contributed by atoms with Crippen molar-refractivity contribution >= 4 is 11.7 Å². The highest BCUT2D eigenvalue weighted by atomic mass is 16.2. The van der Waals surface area contributed by atoms with Gasteiger partial charge in [-0.25, -0.2) is 4.68 Å². The molecule has 1 saturated heterocycles. The van der Waals surface area contributed by atoms with Crippen LogP contribution in [-0.2, 0) is 18.3 Å². The van der Waals surface area contributed by atoms with E-state index in [0.717, 1.165) is 22.8 Å². The number of rotatable bonds is 5. The van der Waals surface area contributed by atoms with Crippen LogP contribution in [0.4, 0.5) is 5.82 Å². The Hall–Kier alpha value is -3.00. The second-order valence-corrected chi connectivity index (χ2v) is 6.97. The first-order valence-corrected chi connectivity index (χ1v) is 9.06. The third-order valence-corrected chi connectivity index (χ3v) is 4.96. The van der Waals surface area contributed by atoms with Crippen LogP contribution in [0.5, 0.6) is 0 Å². The Morgan fingerprint density at radius 3 is 2.78 bits per heavy atom. The summed E-state index contributed by atoms with van der Waals surface area (Å²) in [6.45, 7) is 2.56. The summed E-state index contributed by atoms with van der Waals surface area (Å²) in [6.07, 6.45) is 3.11. The van der Waals surface area contributed by atoms with Gasteiger partial charge in [-0.05, 0) is 18.9 Å². The molecule has 8 nitrogen and oxygen atoms in total. The van der Waals surface area contributed by atoms with Crippen molar-refractivity contribution in [1.82, 2.24) is 24.8 Å². The summed E-state index contributed by atoms with van der Waals surface area (Å²) in [6, 6.07) is 11.3. The molecule has 140 valence electrons. The molecule has 2 aromatic heterocycles. The van der Waals surface area contributed by atoms with Crippen LogP contribution < -0.4 is 10.6 Å². The predicted molar refractivity (Wildman–Crippen MR) is 101 cm³/mol. The maximum atomic E-state index is 12.9. The lowest BCUT2D eigenvalue weighted by molar-refractivity contribution is -0.120. The fourth-order valence-electron chi connectivity index (χ4n) is 3.59. The minimum Gasteiger partial charge on any atom is -0.324 e. The molecule has 0 spiro atoms. The van der Waals surface area contributed by atoms with Gasteiger partial charge in [0.2, 0.25) is 0 Å². The van der Waals surface area contributed by atoms with Crippen molar-refractivity contribution in [3.8, 4) is 0 Å². The molecule has 2 atom stereocenters. The molecule has 0 radical (unpaired) electrons. The van der Waals surface area contributed by atoms with Crippen molar-refractivity contribution in [3.05, 3.63) is 59.5 Å². The lowest BCUT2D eigenvalue weighted by Crippen LogP contribution is -2.30. The number of aromatic nitrogens is 5. The van der Waals surface area contributed by atoms with Crippen LogP contribution in [0.1, 0.15) is 35.5 Å². The molecule has 3 heterocycles. The van der Waals surface area contributed by atoms with Crippen molar-refractivity contribution < 1.29 is 4.79 Å². The monoisotopic (exact) mass is 365 g/mol. The van der Waals surface area contributed by atoms with Crippen molar-refractivity contribution in [3.63, 3.8) is 0 Å². The molecule has 1 aliphatic rings. The first-order valence-electron chi connectivity index (χ1n) is 9.06. The zero-order valence-corrected chi connectivity index (χ0v) is 15.5. The summed E-state index contributed by atoms with van der Waals surface area (Å²) < 4.78 is 3.40. The minimum absolute atomic E-state index is 0.0156.